The molecule has 1 atom stereocenters. The molecular weight excluding hydrogens is 521 g/mol. The average Bonchev–Trinajstić information content (AvgIpc) is 3.34. The number of rotatable bonds is 9. The normalized spacial score (nSPS) is 11.9. The van der Waals surface area contributed by atoms with Gasteiger partial charge in [0.05, 0.1) is 31.2 Å². The van der Waals surface area contributed by atoms with Gasteiger partial charge < -0.3 is 25.1 Å². The van der Waals surface area contributed by atoms with Crippen molar-refractivity contribution < 1.29 is 18.7 Å². The van der Waals surface area contributed by atoms with Gasteiger partial charge in [-0.05, 0) is 39.8 Å². The van der Waals surface area contributed by atoms with Crippen LogP contribution in [0.1, 0.15) is 52.9 Å². The summed E-state index contributed by atoms with van der Waals surface area (Å²) in [6.45, 7) is 8.63. The van der Waals surface area contributed by atoms with Crippen LogP contribution in [0.3, 0.4) is 0 Å². The molecule has 1 amide bonds. The number of nitrogens with one attached hydrogen (secondary N) is 3. The van der Waals surface area contributed by atoms with Crippen LogP contribution in [0.15, 0.2) is 27.8 Å². The first-order chi connectivity index (χ1) is 13.9. The van der Waals surface area contributed by atoms with E-state index in [9.17, 15) is 9.59 Å². The van der Waals surface area contributed by atoms with Crippen molar-refractivity contribution in [1.29, 1.82) is 0 Å². The zero-order valence-corrected chi connectivity index (χ0v) is 20.6. The fourth-order valence-electron chi connectivity index (χ4n) is 2.38. The number of amides is 1. The molecular formula is C19H28IN5O4S. The van der Waals surface area contributed by atoms with Crippen LogP contribution < -0.4 is 16.0 Å². The Morgan fingerprint density at radius 2 is 2.10 bits per heavy atom. The number of hydrogen-bond donors (Lipinski definition) is 3. The summed E-state index contributed by atoms with van der Waals surface area (Å²) in [6, 6.07) is 3.35. The topological polar surface area (TPSA) is 118 Å². The minimum Gasteiger partial charge on any atom is -0.467 e. The van der Waals surface area contributed by atoms with Gasteiger partial charge in [0.25, 0.3) is 0 Å². The van der Waals surface area contributed by atoms with Crippen molar-refractivity contribution in [3.63, 3.8) is 0 Å². The highest BCUT2D eigenvalue weighted by Crippen LogP contribution is 2.24. The van der Waals surface area contributed by atoms with Crippen molar-refractivity contribution in [3.8, 4) is 0 Å². The number of hydrogen-bond acceptors (Lipinski definition) is 7. The summed E-state index contributed by atoms with van der Waals surface area (Å²) in [6.07, 6.45) is 1.56. The van der Waals surface area contributed by atoms with Crippen LogP contribution in [0.5, 0.6) is 0 Å². The molecule has 2 aromatic heterocycles. The van der Waals surface area contributed by atoms with Gasteiger partial charge in [-0.25, -0.2) is 14.8 Å². The second kappa shape index (κ2) is 13.2. The van der Waals surface area contributed by atoms with Gasteiger partial charge in [-0.1, -0.05) is 0 Å². The Bertz CT molecular complexity index is 838. The third-order valence-electron chi connectivity index (χ3n) is 3.76. The lowest BCUT2D eigenvalue weighted by Gasteiger charge is -2.16. The molecule has 0 spiro atoms. The van der Waals surface area contributed by atoms with Crippen molar-refractivity contribution in [2.24, 2.45) is 4.99 Å². The molecule has 0 radical (unpaired) electrons. The van der Waals surface area contributed by atoms with Crippen molar-refractivity contribution in [1.82, 2.24) is 20.9 Å². The van der Waals surface area contributed by atoms with Gasteiger partial charge in [-0.2, -0.15) is 0 Å². The van der Waals surface area contributed by atoms with Gasteiger partial charge in [0.15, 0.2) is 5.96 Å². The summed E-state index contributed by atoms with van der Waals surface area (Å²) in [5.41, 5.74) is 0.636. The Labute approximate surface area is 197 Å². The first-order valence-electron chi connectivity index (χ1n) is 9.42. The molecule has 0 bridgehead atoms. The molecule has 11 heteroatoms. The molecule has 0 saturated carbocycles. The molecule has 0 aliphatic carbocycles. The van der Waals surface area contributed by atoms with Crippen LogP contribution in [-0.4, -0.2) is 42.5 Å². The van der Waals surface area contributed by atoms with E-state index >= 15 is 0 Å². The van der Waals surface area contributed by atoms with E-state index in [2.05, 4.69) is 25.9 Å². The molecule has 1 unspecified atom stereocenters. The highest BCUT2D eigenvalue weighted by atomic mass is 127. The van der Waals surface area contributed by atoms with Gasteiger partial charge in [0.2, 0.25) is 5.91 Å². The first-order valence-corrected chi connectivity index (χ1v) is 10.2. The van der Waals surface area contributed by atoms with E-state index in [1.807, 2.05) is 13.8 Å². The number of ether oxygens (including phenoxy) is 1. The predicted octanol–water partition coefficient (Wildman–Crippen LogP) is 2.77. The maximum absolute atomic E-state index is 12.0. The van der Waals surface area contributed by atoms with Gasteiger partial charge in [0, 0.05) is 6.54 Å². The maximum atomic E-state index is 12.0. The number of aromatic nitrogens is 1. The number of guanidine groups is 1. The Morgan fingerprint density at radius 3 is 2.73 bits per heavy atom. The van der Waals surface area contributed by atoms with E-state index in [1.165, 1.54) is 11.3 Å². The molecule has 166 valence electrons. The van der Waals surface area contributed by atoms with Gasteiger partial charge >= 0.3 is 5.97 Å². The van der Waals surface area contributed by atoms with Crippen molar-refractivity contribution in [3.05, 3.63) is 39.7 Å². The fraction of sp³-hybridized carbons (Fsp3) is 0.474. The third kappa shape index (κ3) is 7.94. The summed E-state index contributed by atoms with van der Waals surface area (Å²) in [7, 11) is 0. The van der Waals surface area contributed by atoms with E-state index < -0.39 is 0 Å². The number of halogens is 1. The lowest BCUT2D eigenvalue weighted by Crippen LogP contribution is -2.39. The second-order valence-electron chi connectivity index (χ2n) is 6.10. The molecule has 9 nitrogen and oxygen atoms in total. The lowest BCUT2D eigenvalue weighted by molar-refractivity contribution is -0.119. The van der Waals surface area contributed by atoms with E-state index in [0.717, 1.165) is 5.01 Å². The predicted molar refractivity (Wildman–Crippen MR) is 126 cm³/mol. The summed E-state index contributed by atoms with van der Waals surface area (Å²) < 4.78 is 10.2. The largest absolute Gasteiger partial charge is 0.467 e. The summed E-state index contributed by atoms with van der Waals surface area (Å²) in [5, 5.41) is 9.79. The molecule has 0 aliphatic rings. The number of furan rings is 1. The molecule has 2 heterocycles. The SMILES string of the molecule is CCNC(=NCC(=O)NCc1ccco1)NC(C)c1nc(C)c(C(=O)OCC)s1.I. The Kier molecular flexibility index (Phi) is 11.4. The van der Waals surface area contributed by atoms with Crippen molar-refractivity contribution in [2.75, 3.05) is 19.7 Å². The summed E-state index contributed by atoms with van der Waals surface area (Å²) in [4.78, 5) is 33.3. The van der Waals surface area contributed by atoms with Crippen LogP contribution in [0.25, 0.3) is 0 Å². The number of carbonyl (C=O) groups excluding carboxylic acids is 2. The quantitative estimate of drug-likeness (QED) is 0.191. The highest BCUT2D eigenvalue weighted by Gasteiger charge is 2.20. The second-order valence-corrected chi connectivity index (χ2v) is 7.14. The number of nitrogens with zero attached hydrogens (tertiary/aromatic N) is 2. The molecule has 30 heavy (non-hydrogen) atoms. The van der Waals surface area contributed by atoms with Crippen molar-refractivity contribution in [2.45, 2.75) is 40.3 Å². The smallest absolute Gasteiger partial charge is 0.350 e. The first kappa shape index (κ1) is 25.9. The highest BCUT2D eigenvalue weighted by molar-refractivity contribution is 14.0. The zero-order chi connectivity index (χ0) is 21.2. The number of esters is 1. The van der Waals surface area contributed by atoms with Crippen LogP contribution >= 0.6 is 35.3 Å². The third-order valence-corrected chi connectivity index (χ3v) is 5.08. The summed E-state index contributed by atoms with van der Waals surface area (Å²) in [5.74, 6) is 0.576. The van der Waals surface area contributed by atoms with Gasteiger partial charge in [-0.3, -0.25) is 4.79 Å². The molecule has 2 aromatic rings. The average molecular weight is 549 g/mol. The van der Waals surface area contributed by atoms with E-state index in [0.29, 0.717) is 42.0 Å². The van der Waals surface area contributed by atoms with Gasteiger partial charge in [0.1, 0.15) is 22.2 Å². The Morgan fingerprint density at radius 1 is 1.33 bits per heavy atom. The van der Waals surface area contributed by atoms with E-state index in [4.69, 9.17) is 9.15 Å². The molecule has 2 rings (SSSR count). The molecule has 0 aliphatic heterocycles. The maximum Gasteiger partial charge on any atom is 0.350 e. The number of carbonyl (C=O) groups is 2. The number of aryl methyl sites for hydroxylation is 1. The zero-order valence-electron chi connectivity index (χ0n) is 17.5. The van der Waals surface area contributed by atoms with Crippen LogP contribution in [0.2, 0.25) is 0 Å². The standard InChI is InChI=1S/C19H27N5O4S.HI/c1-5-20-19(22-11-15(25)21-10-14-8-7-9-28-14)24-13(4)17-23-12(3)16(29-17)18(26)27-6-2;/h7-9,13H,5-6,10-11H2,1-4H3,(H,21,25)(H2,20,22,24);1H. The number of aliphatic imine (C=N–C) groups is 1. The van der Waals surface area contributed by atoms with E-state index in [1.54, 1.807) is 32.2 Å². The van der Waals surface area contributed by atoms with Crippen LogP contribution in [-0.2, 0) is 16.1 Å². The van der Waals surface area contributed by atoms with Crippen LogP contribution in [0.4, 0.5) is 0 Å². The minimum atomic E-state index is -0.366. The Balaban J connectivity index is 0.00000450. The molecule has 0 saturated heterocycles. The molecule has 0 fully saturated rings. The van der Waals surface area contributed by atoms with Gasteiger partial charge in [-0.15, -0.1) is 35.3 Å². The number of thiazole rings is 1. The van der Waals surface area contributed by atoms with E-state index in [-0.39, 0.29) is 48.4 Å². The fourth-order valence-corrected chi connectivity index (χ4v) is 3.34. The summed E-state index contributed by atoms with van der Waals surface area (Å²) >= 11 is 1.29. The van der Waals surface area contributed by atoms with Crippen LogP contribution in [0, 0.1) is 6.92 Å². The van der Waals surface area contributed by atoms with Crippen molar-refractivity contribution >= 4 is 53.1 Å². The Hall–Kier alpha value is -2.15. The molecule has 0 aromatic carbocycles. The lowest BCUT2D eigenvalue weighted by atomic mass is 10.3. The monoisotopic (exact) mass is 549 g/mol. The minimum absolute atomic E-state index is 0. The molecule has 3 N–H and O–H groups in total.